The van der Waals surface area contributed by atoms with Crippen molar-refractivity contribution in [1.82, 2.24) is 0 Å². The van der Waals surface area contributed by atoms with E-state index in [9.17, 15) is 5.11 Å². The van der Waals surface area contributed by atoms with E-state index in [2.05, 4.69) is 6.07 Å². The van der Waals surface area contributed by atoms with E-state index in [1.807, 2.05) is 24.3 Å². The topological polar surface area (TPSA) is 38.7 Å². The van der Waals surface area contributed by atoms with Gasteiger partial charge in [-0.3, -0.25) is 0 Å². The Morgan fingerprint density at radius 2 is 2.14 bits per heavy atom. The average Bonchev–Trinajstić information content (AvgIpc) is 2.89. The molecule has 0 radical (unpaired) electrons. The Labute approximate surface area is 129 Å². The Balaban J connectivity index is 1.69. The molecule has 1 heterocycles. The highest BCUT2D eigenvalue weighted by molar-refractivity contribution is 6.32. The number of ether oxygens (including phenoxy) is 2. The van der Waals surface area contributed by atoms with Crippen LogP contribution in [-0.2, 0) is 0 Å². The maximum absolute atomic E-state index is 9.53. The Morgan fingerprint density at radius 3 is 2.90 bits per heavy atom. The van der Waals surface area contributed by atoms with Crippen LogP contribution in [0.25, 0.3) is 0 Å². The van der Waals surface area contributed by atoms with Crippen LogP contribution in [0.4, 0.5) is 0 Å². The molecule has 3 rings (SSSR count). The zero-order valence-electron chi connectivity index (χ0n) is 11.8. The van der Waals surface area contributed by atoms with Crippen molar-refractivity contribution in [1.29, 1.82) is 0 Å². The quantitative estimate of drug-likeness (QED) is 0.929. The molecule has 2 aromatic rings. The minimum absolute atomic E-state index is 0.216. The molecule has 110 valence electrons. The smallest absolute Gasteiger partial charge is 0.137 e. The first kappa shape index (κ1) is 14.2. The summed E-state index contributed by atoms with van der Waals surface area (Å²) in [5, 5.41) is 10.0. The lowest BCUT2D eigenvalue weighted by Gasteiger charge is -2.13. The standard InChI is InChI=1S/C17H17ClO3/c1-11(19)12-6-7-17(15(18)8-12)21-10-13-9-20-16-5-3-2-4-14(13)16/h2-8,11,13,19H,9-10H2,1H3/t11-,13?/m0/s1. The third-order valence-electron chi connectivity index (χ3n) is 3.68. The fourth-order valence-corrected chi connectivity index (χ4v) is 2.70. The molecule has 2 atom stereocenters. The molecule has 0 fully saturated rings. The Morgan fingerprint density at radius 1 is 1.33 bits per heavy atom. The van der Waals surface area contributed by atoms with Gasteiger partial charge >= 0.3 is 0 Å². The van der Waals surface area contributed by atoms with Crippen LogP contribution in [0.3, 0.4) is 0 Å². The molecule has 0 aromatic heterocycles. The van der Waals surface area contributed by atoms with Crippen LogP contribution in [0.1, 0.15) is 30.1 Å². The Kier molecular flexibility index (Phi) is 4.04. The number of fused-ring (bicyclic) bond motifs is 1. The van der Waals surface area contributed by atoms with Crippen LogP contribution in [-0.4, -0.2) is 18.3 Å². The maximum Gasteiger partial charge on any atom is 0.137 e. The third-order valence-corrected chi connectivity index (χ3v) is 3.97. The summed E-state index contributed by atoms with van der Waals surface area (Å²) in [7, 11) is 0. The van der Waals surface area contributed by atoms with Crippen molar-refractivity contribution < 1.29 is 14.6 Å². The molecular weight excluding hydrogens is 288 g/mol. The van der Waals surface area contributed by atoms with Crippen molar-refractivity contribution in [3.63, 3.8) is 0 Å². The minimum atomic E-state index is -0.536. The lowest BCUT2D eigenvalue weighted by atomic mass is 10.0. The molecule has 0 spiro atoms. The van der Waals surface area contributed by atoms with Gasteiger partial charge < -0.3 is 14.6 Å². The highest BCUT2D eigenvalue weighted by Gasteiger charge is 2.24. The monoisotopic (exact) mass is 304 g/mol. The number of benzene rings is 2. The van der Waals surface area contributed by atoms with Crippen molar-refractivity contribution >= 4 is 11.6 Å². The van der Waals surface area contributed by atoms with E-state index in [-0.39, 0.29) is 5.92 Å². The van der Waals surface area contributed by atoms with Crippen LogP contribution < -0.4 is 9.47 Å². The minimum Gasteiger partial charge on any atom is -0.493 e. The summed E-state index contributed by atoms with van der Waals surface area (Å²) >= 11 is 6.19. The van der Waals surface area contributed by atoms with E-state index < -0.39 is 6.10 Å². The van der Waals surface area contributed by atoms with Crippen LogP contribution in [0.5, 0.6) is 11.5 Å². The summed E-state index contributed by atoms with van der Waals surface area (Å²) in [6.07, 6.45) is -0.536. The first-order valence-electron chi connectivity index (χ1n) is 6.97. The second-order valence-electron chi connectivity index (χ2n) is 5.22. The van der Waals surface area contributed by atoms with Gasteiger partial charge in [0.05, 0.1) is 30.3 Å². The van der Waals surface area contributed by atoms with Gasteiger partial charge in [0, 0.05) is 5.56 Å². The normalized spacial score (nSPS) is 18.0. The molecule has 0 bridgehead atoms. The molecular formula is C17H17ClO3. The number of aliphatic hydroxyl groups is 1. The largest absolute Gasteiger partial charge is 0.493 e. The van der Waals surface area contributed by atoms with Crippen LogP contribution in [0, 0.1) is 0 Å². The van der Waals surface area contributed by atoms with Gasteiger partial charge in [-0.1, -0.05) is 35.9 Å². The SMILES string of the molecule is C[C@H](O)c1ccc(OCC2COc3ccccc32)c(Cl)c1. The van der Waals surface area contributed by atoms with Gasteiger partial charge in [-0.25, -0.2) is 0 Å². The van der Waals surface area contributed by atoms with Gasteiger partial charge in [0.15, 0.2) is 0 Å². The summed E-state index contributed by atoms with van der Waals surface area (Å²) in [5.41, 5.74) is 1.95. The zero-order valence-corrected chi connectivity index (χ0v) is 12.5. The maximum atomic E-state index is 9.53. The number of para-hydroxylation sites is 1. The zero-order chi connectivity index (χ0) is 14.8. The summed E-state index contributed by atoms with van der Waals surface area (Å²) < 4.78 is 11.5. The first-order valence-corrected chi connectivity index (χ1v) is 7.35. The predicted octanol–water partition coefficient (Wildman–Crippen LogP) is 3.95. The lowest BCUT2D eigenvalue weighted by molar-refractivity contribution is 0.199. The van der Waals surface area contributed by atoms with Crippen molar-refractivity contribution in [2.24, 2.45) is 0 Å². The highest BCUT2D eigenvalue weighted by Crippen LogP contribution is 2.35. The van der Waals surface area contributed by atoms with E-state index >= 15 is 0 Å². The average molecular weight is 305 g/mol. The van der Waals surface area contributed by atoms with E-state index in [0.29, 0.717) is 24.0 Å². The van der Waals surface area contributed by atoms with E-state index in [1.165, 1.54) is 5.56 Å². The molecule has 1 N–H and O–H groups in total. The summed E-state index contributed by atoms with van der Waals surface area (Å²) in [6.45, 7) is 2.85. The fourth-order valence-electron chi connectivity index (χ4n) is 2.45. The number of rotatable bonds is 4. The van der Waals surface area contributed by atoms with E-state index in [0.717, 1.165) is 11.3 Å². The fraction of sp³-hybridized carbons (Fsp3) is 0.294. The van der Waals surface area contributed by atoms with Gasteiger partial charge in [0.1, 0.15) is 11.5 Å². The summed E-state index contributed by atoms with van der Waals surface area (Å²) in [5.74, 6) is 1.78. The van der Waals surface area contributed by atoms with Gasteiger partial charge in [-0.15, -0.1) is 0 Å². The number of hydrogen-bond donors (Lipinski definition) is 1. The summed E-state index contributed by atoms with van der Waals surface area (Å²) in [6, 6.07) is 13.4. The molecule has 0 saturated carbocycles. The lowest BCUT2D eigenvalue weighted by Crippen LogP contribution is -2.12. The predicted molar refractivity (Wildman–Crippen MR) is 82.3 cm³/mol. The molecule has 1 aliphatic rings. The van der Waals surface area contributed by atoms with Gasteiger partial charge in [-0.2, -0.15) is 0 Å². The van der Waals surface area contributed by atoms with Crippen molar-refractivity contribution in [2.45, 2.75) is 18.9 Å². The molecule has 0 saturated heterocycles. The highest BCUT2D eigenvalue weighted by atomic mass is 35.5. The molecule has 2 aromatic carbocycles. The Hall–Kier alpha value is -1.71. The van der Waals surface area contributed by atoms with E-state index in [4.69, 9.17) is 21.1 Å². The van der Waals surface area contributed by atoms with Gasteiger partial charge in [-0.05, 0) is 30.7 Å². The van der Waals surface area contributed by atoms with Crippen LogP contribution in [0.2, 0.25) is 5.02 Å². The first-order chi connectivity index (χ1) is 10.1. The number of aliphatic hydroxyl groups excluding tert-OH is 1. The Bertz CT molecular complexity index is 640. The molecule has 1 aliphatic heterocycles. The number of hydrogen-bond acceptors (Lipinski definition) is 3. The van der Waals surface area contributed by atoms with Crippen LogP contribution >= 0.6 is 11.6 Å². The number of halogens is 1. The molecule has 1 unspecified atom stereocenters. The van der Waals surface area contributed by atoms with Gasteiger partial charge in [0.2, 0.25) is 0 Å². The van der Waals surface area contributed by atoms with Crippen molar-refractivity contribution in [2.75, 3.05) is 13.2 Å². The second kappa shape index (κ2) is 5.96. The molecule has 3 nitrogen and oxygen atoms in total. The van der Waals surface area contributed by atoms with E-state index in [1.54, 1.807) is 19.1 Å². The molecule has 4 heteroatoms. The summed E-state index contributed by atoms with van der Waals surface area (Å²) in [4.78, 5) is 0. The second-order valence-corrected chi connectivity index (χ2v) is 5.63. The van der Waals surface area contributed by atoms with Crippen molar-refractivity contribution in [3.05, 3.63) is 58.6 Å². The third kappa shape index (κ3) is 2.99. The molecule has 0 aliphatic carbocycles. The van der Waals surface area contributed by atoms with Crippen molar-refractivity contribution in [3.8, 4) is 11.5 Å². The van der Waals surface area contributed by atoms with Gasteiger partial charge in [0.25, 0.3) is 0 Å². The molecule has 0 amide bonds. The molecule has 21 heavy (non-hydrogen) atoms. The van der Waals surface area contributed by atoms with Crippen LogP contribution in [0.15, 0.2) is 42.5 Å².